The number of anilines is 1. The number of nitrogen functional groups attached to an aromatic ring is 1. The van der Waals surface area contributed by atoms with Gasteiger partial charge in [-0.3, -0.25) is 0 Å². The quantitative estimate of drug-likeness (QED) is 0.864. The van der Waals surface area contributed by atoms with E-state index < -0.39 is 0 Å². The van der Waals surface area contributed by atoms with Crippen molar-refractivity contribution in [1.29, 1.82) is 0 Å². The minimum Gasteiger partial charge on any atom is -0.397 e. The molecule has 2 N–H and O–H groups in total. The first kappa shape index (κ1) is 12.3. The first-order chi connectivity index (χ1) is 8.08. The Morgan fingerprint density at radius 2 is 1.76 bits per heavy atom. The van der Waals surface area contributed by atoms with Gasteiger partial charge in [0.25, 0.3) is 0 Å². The third-order valence-electron chi connectivity index (χ3n) is 2.22. The van der Waals surface area contributed by atoms with Crippen LogP contribution in [-0.2, 0) is 0 Å². The Bertz CT molecular complexity index is 542. The number of halogens is 1. The van der Waals surface area contributed by atoms with Gasteiger partial charge in [0, 0.05) is 12.4 Å². The molecule has 2 aromatic rings. The van der Waals surface area contributed by atoms with Gasteiger partial charge in [0.1, 0.15) is 5.03 Å². The second-order valence-electron chi connectivity index (χ2n) is 3.60. The Labute approximate surface area is 112 Å². The van der Waals surface area contributed by atoms with Gasteiger partial charge in [0.15, 0.2) is 5.16 Å². The maximum Gasteiger partial charge on any atom is 0.193 e. The first-order valence-corrected chi connectivity index (χ1v) is 6.56. The third-order valence-corrected chi connectivity index (χ3v) is 4.35. The molecule has 2 aromatic heterocycles. The highest BCUT2D eigenvalue weighted by atomic mass is 79.9. The lowest BCUT2D eigenvalue weighted by Gasteiger charge is -2.07. The van der Waals surface area contributed by atoms with Crippen molar-refractivity contribution in [3.05, 3.63) is 34.2 Å². The molecule has 17 heavy (non-hydrogen) atoms. The lowest BCUT2D eigenvalue weighted by molar-refractivity contribution is 0.942. The van der Waals surface area contributed by atoms with Crippen LogP contribution in [0.15, 0.2) is 33.2 Å². The largest absolute Gasteiger partial charge is 0.397 e. The molecule has 4 nitrogen and oxygen atoms in total. The van der Waals surface area contributed by atoms with Crippen LogP contribution >= 0.6 is 27.7 Å². The summed E-state index contributed by atoms with van der Waals surface area (Å²) in [5, 5.41) is 1.49. The standard InChI is InChI=1S/C11H11BrN4S/c1-6-3-15-11(16-4-6)17-10-9(12)7(2)8(13)5-14-10/h3-5H,13H2,1-2H3. The first-order valence-electron chi connectivity index (χ1n) is 4.95. The highest BCUT2D eigenvalue weighted by Gasteiger charge is 2.10. The number of pyridine rings is 1. The molecular formula is C11H11BrN4S. The summed E-state index contributed by atoms with van der Waals surface area (Å²) in [6, 6.07) is 0. The van der Waals surface area contributed by atoms with E-state index in [0.717, 1.165) is 20.6 Å². The van der Waals surface area contributed by atoms with Crippen molar-refractivity contribution in [3.8, 4) is 0 Å². The van der Waals surface area contributed by atoms with Crippen LogP contribution in [0.25, 0.3) is 0 Å². The van der Waals surface area contributed by atoms with Gasteiger partial charge in [0.2, 0.25) is 0 Å². The van der Waals surface area contributed by atoms with E-state index in [0.29, 0.717) is 10.8 Å². The fourth-order valence-corrected chi connectivity index (χ4v) is 2.47. The zero-order chi connectivity index (χ0) is 12.4. The summed E-state index contributed by atoms with van der Waals surface area (Å²) in [4.78, 5) is 12.7. The minimum absolute atomic E-state index is 0.672. The minimum atomic E-state index is 0.672. The Kier molecular flexibility index (Phi) is 3.63. The molecule has 0 aliphatic rings. The summed E-state index contributed by atoms with van der Waals surface area (Å²) >= 11 is 4.89. The van der Waals surface area contributed by atoms with Crippen molar-refractivity contribution < 1.29 is 0 Å². The molecule has 88 valence electrons. The third kappa shape index (κ3) is 2.76. The molecular weight excluding hydrogens is 300 g/mol. The molecule has 0 radical (unpaired) electrons. The van der Waals surface area contributed by atoms with E-state index in [4.69, 9.17) is 5.73 Å². The van der Waals surface area contributed by atoms with Crippen molar-refractivity contribution in [3.63, 3.8) is 0 Å². The van der Waals surface area contributed by atoms with Crippen molar-refractivity contribution in [2.24, 2.45) is 0 Å². The van der Waals surface area contributed by atoms with Crippen molar-refractivity contribution in [2.45, 2.75) is 24.0 Å². The van der Waals surface area contributed by atoms with Crippen molar-refractivity contribution >= 4 is 33.4 Å². The van der Waals surface area contributed by atoms with Gasteiger partial charge < -0.3 is 5.73 Å². The van der Waals surface area contributed by atoms with Crippen molar-refractivity contribution in [1.82, 2.24) is 15.0 Å². The maximum absolute atomic E-state index is 5.77. The van der Waals surface area contributed by atoms with E-state index in [2.05, 4.69) is 30.9 Å². The molecule has 0 aliphatic carbocycles. The van der Waals surface area contributed by atoms with Gasteiger partial charge in [-0.05, 0) is 52.7 Å². The second kappa shape index (κ2) is 5.01. The number of nitrogens with zero attached hydrogens (tertiary/aromatic N) is 3. The normalized spacial score (nSPS) is 10.5. The summed E-state index contributed by atoms with van der Waals surface area (Å²) in [5.41, 5.74) is 8.46. The Balaban J connectivity index is 2.30. The Morgan fingerprint density at radius 1 is 1.12 bits per heavy atom. The average molecular weight is 311 g/mol. The fourth-order valence-electron chi connectivity index (χ4n) is 1.16. The molecule has 2 rings (SSSR count). The van der Waals surface area contributed by atoms with Gasteiger partial charge in [-0.15, -0.1) is 0 Å². The molecule has 6 heteroatoms. The molecule has 0 aliphatic heterocycles. The Morgan fingerprint density at radius 3 is 2.41 bits per heavy atom. The monoisotopic (exact) mass is 310 g/mol. The zero-order valence-electron chi connectivity index (χ0n) is 9.44. The fraction of sp³-hybridized carbons (Fsp3) is 0.182. The molecule has 0 amide bonds. The number of rotatable bonds is 2. The average Bonchev–Trinajstić information content (AvgIpc) is 2.33. The predicted molar refractivity (Wildman–Crippen MR) is 72.0 cm³/mol. The Hall–Kier alpha value is -1.14. The van der Waals surface area contributed by atoms with Crippen LogP contribution in [-0.4, -0.2) is 15.0 Å². The van der Waals surface area contributed by atoms with E-state index >= 15 is 0 Å². The summed E-state index contributed by atoms with van der Waals surface area (Å²) in [6.45, 7) is 3.90. The van der Waals surface area contributed by atoms with Gasteiger partial charge >= 0.3 is 0 Å². The highest BCUT2D eigenvalue weighted by Crippen LogP contribution is 2.33. The van der Waals surface area contributed by atoms with Gasteiger partial charge in [-0.1, -0.05) is 0 Å². The summed E-state index contributed by atoms with van der Waals surface area (Å²) < 4.78 is 0.895. The second-order valence-corrected chi connectivity index (χ2v) is 5.35. The van der Waals surface area contributed by atoms with Crippen LogP contribution in [0.5, 0.6) is 0 Å². The molecule has 0 saturated heterocycles. The molecule has 0 bridgehead atoms. The van der Waals surface area contributed by atoms with Crippen LogP contribution in [0.2, 0.25) is 0 Å². The molecule has 2 heterocycles. The van der Waals surface area contributed by atoms with Crippen LogP contribution in [0, 0.1) is 13.8 Å². The number of hydrogen-bond acceptors (Lipinski definition) is 5. The summed E-state index contributed by atoms with van der Waals surface area (Å²) in [7, 11) is 0. The van der Waals surface area contributed by atoms with E-state index in [1.807, 2.05) is 13.8 Å². The van der Waals surface area contributed by atoms with Gasteiger partial charge in [-0.25, -0.2) is 15.0 Å². The number of nitrogens with two attached hydrogens (primary N) is 1. The van der Waals surface area contributed by atoms with Crippen LogP contribution < -0.4 is 5.73 Å². The highest BCUT2D eigenvalue weighted by molar-refractivity contribution is 9.10. The predicted octanol–water partition coefficient (Wildman–Crippen LogP) is 2.98. The van der Waals surface area contributed by atoms with Gasteiger partial charge in [0.05, 0.1) is 16.4 Å². The molecule has 0 saturated carbocycles. The molecule has 0 aromatic carbocycles. The number of aryl methyl sites for hydroxylation is 1. The smallest absolute Gasteiger partial charge is 0.193 e. The van der Waals surface area contributed by atoms with Crippen molar-refractivity contribution in [2.75, 3.05) is 5.73 Å². The molecule has 0 fully saturated rings. The van der Waals surface area contributed by atoms with Crippen LogP contribution in [0.4, 0.5) is 5.69 Å². The van der Waals surface area contributed by atoms with Crippen LogP contribution in [0.1, 0.15) is 11.1 Å². The summed E-state index contributed by atoms with van der Waals surface area (Å²) in [6.07, 6.45) is 5.22. The zero-order valence-corrected chi connectivity index (χ0v) is 11.8. The molecule has 0 unspecified atom stereocenters. The topological polar surface area (TPSA) is 64.7 Å². The SMILES string of the molecule is Cc1cnc(Sc2ncc(N)c(C)c2Br)nc1. The van der Waals surface area contributed by atoms with E-state index in [9.17, 15) is 0 Å². The van der Waals surface area contributed by atoms with Gasteiger partial charge in [-0.2, -0.15) is 0 Å². The maximum atomic E-state index is 5.77. The lowest BCUT2D eigenvalue weighted by atomic mass is 10.3. The lowest BCUT2D eigenvalue weighted by Crippen LogP contribution is -1.95. The van der Waals surface area contributed by atoms with E-state index in [1.54, 1.807) is 18.6 Å². The van der Waals surface area contributed by atoms with E-state index in [1.165, 1.54) is 11.8 Å². The number of hydrogen-bond donors (Lipinski definition) is 1. The number of aromatic nitrogens is 3. The van der Waals surface area contributed by atoms with Crippen LogP contribution in [0.3, 0.4) is 0 Å². The molecule has 0 atom stereocenters. The van der Waals surface area contributed by atoms with E-state index in [-0.39, 0.29) is 0 Å². The molecule has 0 spiro atoms. The summed E-state index contributed by atoms with van der Waals surface area (Å²) in [5.74, 6) is 0.